The highest BCUT2D eigenvalue weighted by Crippen LogP contribution is 2.42. The van der Waals surface area contributed by atoms with Crippen LogP contribution in [0.15, 0.2) is 89.9 Å². The lowest BCUT2D eigenvalue weighted by atomic mass is 9.74. The predicted octanol–water partition coefficient (Wildman–Crippen LogP) is 3.66. The van der Waals surface area contributed by atoms with Crippen molar-refractivity contribution in [3.8, 4) is 11.5 Å². The lowest BCUT2D eigenvalue weighted by Gasteiger charge is -2.52. The number of hydrogen-bond acceptors (Lipinski definition) is 5. The zero-order valence-corrected chi connectivity index (χ0v) is 18.8. The molecule has 34 heavy (non-hydrogen) atoms. The minimum Gasteiger partial charge on any atom is -0.502 e. The van der Waals surface area contributed by atoms with Crippen LogP contribution >= 0.6 is 0 Å². The van der Waals surface area contributed by atoms with Gasteiger partial charge in [0.2, 0.25) is 5.43 Å². The van der Waals surface area contributed by atoms with Crippen LogP contribution in [0.25, 0.3) is 0 Å². The summed E-state index contributed by atoms with van der Waals surface area (Å²) in [6.07, 6.45) is 8.31. The number of rotatable bonds is 0. The van der Waals surface area contributed by atoms with Crippen LogP contribution in [0.2, 0.25) is 0 Å². The average Bonchev–Trinajstić information content (AvgIpc) is 2.87. The maximum Gasteiger partial charge on any atom is 0.278 e. The van der Waals surface area contributed by atoms with Gasteiger partial charge in [-0.1, -0.05) is 60.7 Å². The summed E-state index contributed by atoms with van der Waals surface area (Å²) in [5.74, 6) is -0.0312. The predicted molar refractivity (Wildman–Crippen MR) is 129 cm³/mol. The van der Waals surface area contributed by atoms with Crippen molar-refractivity contribution in [2.45, 2.75) is 31.3 Å². The molecule has 174 valence electrons. The number of aromatic nitrogens is 1. The monoisotopic (exact) mass is 457 g/mol. The van der Waals surface area contributed by atoms with E-state index in [1.54, 1.807) is 15.8 Å². The highest BCUT2D eigenvalue weighted by molar-refractivity contribution is 5.97. The Kier molecular flexibility index (Phi) is 5.84. The van der Waals surface area contributed by atoms with Crippen molar-refractivity contribution in [1.29, 1.82) is 0 Å². The van der Waals surface area contributed by atoms with Gasteiger partial charge in [0.05, 0.1) is 12.1 Å². The largest absolute Gasteiger partial charge is 0.502 e. The Morgan fingerprint density at radius 1 is 0.912 bits per heavy atom. The van der Waals surface area contributed by atoms with Crippen molar-refractivity contribution < 1.29 is 14.6 Å². The number of hydrogen-bond donors (Lipinski definition) is 1. The van der Waals surface area contributed by atoms with E-state index >= 15 is 0 Å². The molecule has 0 unspecified atom stereocenters. The van der Waals surface area contributed by atoms with Gasteiger partial charge < -0.3 is 14.7 Å². The van der Waals surface area contributed by atoms with Crippen LogP contribution in [0.5, 0.6) is 11.5 Å². The van der Waals surface area contributed by atoms with Crippen LogP contribution in [0.1, 0.15) is 35.3 Å². The molecule has 7 nitrogen and oxygen atoms in total. The number of ether oxygens (including phenoxy) is 1. The lowest BCUT2D eigenvalue weighted by Crippen LogP contribution is -2.63. The Balaban J connectivity index is 0.000000351. The molecule has 7 heteroatoms. The maximum absolute atomic E-state index is 13.3. The van der Waals surface area contributed by atoms with E-state index in [4.69, 9.17) is 4.74 Å². The van der Waals surface area contributed by atoms with E-state index in [0.717, 1.165) is 30.6 Å². The second-order valence-corrected chi connectivity index (χ2v) is 8.69. The van der Waals surface area contributed by atoms with Gasteiger partial charge in [-0.3, -0.25) is 19.3 Å². The first kappa shape index (κ1) is 21.8. The normalized spacial score (nSPS) is 18.8. The van der Waals surface area contributed by atoms with Gasteiger partial charge in [-0.05, 0) is 31.4 Å². The fourth-order valence-electron chi connectivity index (χ4n) is 4.67. The zero-order valence-electron chi connectivity index (χ0n) is 18.8. The molecule has 3 aromatic rings. The van der Waals surface area contributed by atoms with Gasteiger partial charge in [0, 0.05) is 17.8 Å². The molecule has 1 spiro atoms. The topological polar surface area (TPSA) is 75.0 Å². The molecule has 1 aliphatic carbocycles. The molecule has 3 heterocycles. The van der Waals surface area contributed by atoms with E-state index in [9.17, 15) is 14.7 Å². The molecule has 0 saturated heterocycles. The minimum atomic E-state index is -0.548. The molecule has 1 amide bonds. The van der Waals surface area contributed by atoms with Gasteiger partial charge in [0.1, 0.15) is 19.0 Å². The summed E-state index contributed by atoms with van der Waals surface area (Å²) < 4.78 is 7.56. The zero-order chi connectivity index (χ0) is 23.5. The van der Waals surface area contributed by atoms with Gasteiger partial charge >= 0.3 is 0 Å². The van der Waals surface area contributed by atoms with Gasteiger partial charge in [-0.25, -0.2) is 0 Å². The summed E-state index contributed by atoms with van der Waals surface area (Å²) in [5.41, 5.74) is 0.0429. The summed E-state index contributed by atoms with van der Waals surface area (Å²) in [4.78, 5) is 27.1. The molecule has 1 saturated carbocycles. The number of carbonyl (C=O) groups is 1. The Morgan fingerprint density at radius 2 is 1.62 bits per heavy atom. The van der Waals surface area contributed by atoms with Crippen molar-refractivity contribution in [1.82, 2.24) is 9.58 Å². The molecule has 2 bridgehead atoms. The second-order valence-electron chi connectivity index (χ2n) is 8.69. The standard InChI is InChI=1S/C21H21N3O4.C6H6/c25-16-7-11-24-18(19(16)26)20(27)23-14-22(24)13-15-5-1-2-6-17(15)28-12-4-10-21(23)8-3-9-21;1-2-4-6-5-3-1/h1-2,4-7,10-11,26H,3,8-9,12-14H2;1-6H/b10-4+;. The smallest absolute Gasteiger partial charge is 0.278 e. The van der Waals surface area contributed by atoms with Crippen LogP contribution < -0.4 is 15.2 Å². The second kappa shape index (κ2) is 9.09. The molecule has 1 aromatic heterocycles. The number of carbonyl (C=O) groups excluding carboxylic acids is 1. The van der Waals surface area contributed by atoms with Crippen molar-refractivity contribution in [2.24, 2.45) is 0 Å². The van der Waals surface area contributed by atoms with E-state index < -0.39 is 16.7 Å². The van der Waals surface area contributed by atoms with Gasteiger partial charge in [0.25, 0.3) is 5.91 Å². The Hall–Kier alpha value is -4.00. The fourth-order valence-corrected chi connectivity index (χ4v) is 4.67. The fraction of sp³-hybridized carbons (Fsp3) is 0.259. The van der Waals surface area contributed by atoms with E-state index in [1.807, 2.05) is 77.8 Å². The van der Waals surface area contributed by atoms with E-state index in [1.165, 1.54) is 6.07 Å². The van der Waals surface area contributed by atoms with E-state index in [0.29, 0.717) is 19.8 Å². The van der Waals surface area contributed by atoms with E-state index in [2.05, 4.69) is 0 Å². The van der Waals surface area contributed by atoms with Crippen LogP contribution in [0.4, 0.5) is 0 Å². The highest BCUT2D eigenvalue weighted by atomic mass is 16.5. The van der Waals surface area contributed by atoms with Crippen LogP contribution in [-0.2, 0) is 6.54 Å². The Bertz CT molecular complexity index is 1240. The minimum absolute atomic E-state index is 0.0241. The number of fused-ring (bicyclic) bond motifs is 6. The van der Waals surface area contributed by atoms with Crippen molar-refractivity contribution >= 4 is 5.91 Å². The summed E-state index contributed by atoms with van der Waals surface area (Å²) >= 11 is 0. The van der Waals surface area contributed by atoms with Crippen molar-refractivity contribution in [3.63, 3.8) is 0 Å². The number of pyridine rings is 1. The first-order valence-corrected chi connectivity index (χ1v) is 11.5. The molecule has 0 atom stereocenters. The maximum atomic E-state index is 13.3. The van der Waals surface area contributed by atoms with Crippen LogP contribution in [-0.4, -0.2) is 39.4 Å². The molecule has 2 aromatic carbocycles. The molecule has 2 aliphatic heterocycles. The molecular weight excluding hydrogens is 430 g/mol. The molecule has 3 aliphatic rings. The summed E-state index contributed by atoms with van der Waals surface area (Å²) in [6, 6.07) is 21.1. The summed E-state index contributed by atoms with van der Waals surface area (Å²) in [7, 11) is 0. The van der Waals surface area contributed by atoms with Crippen molar-refractivity contribution in [3.05, 3.63) is 107 Å². The van der Waals surface area contributed by atoms with Crippen LogP contribution in [0.3, 0.4) is 0 Å². The molecule has 1 fully saturated rings. The SMILES string of the molecule is O=C1c2c(O)c(=O)ccn2N2Cc3ccccc3OC/C=C/C3(CCC3)N1C2.c1ccccc1. The number of amides is 1. The molecular formula is C27H27N3O4. The Morgan fingerprint density at radius 3 is 2.29 bits per heavy atom. The third-order valence-electron chi connectivity index (χ3n) is 6.62. The van der Waals surface area contributed by atoms with Gasteiger partial charge in [-0.15, -0.1) is 0 Å². The molecule has 1 N–H and O–H groups in total. The van der Waals surface area contributed by atoms with Gasteiger partial charge in [0.15, 0.2) is 11.4 Å². The lowest BCUT2D eigenvalue weighted by molar-refractivity contribution is 0.0264. The molecule has 6 rings (SSSR count). The molecule has 0 radical (unpaired) electrons. The average molecular weight is 458 g/mol. The van der Waals surface area contributed by atoms with Crippen LogP contribution in [0, 0.1) is 0 Å². The highest BCUT2D eigenvalue weighted by Gasteiger charge is 2.47. The Labute approximate surface area is 198 Å². The number of benzene rings is 2. The summed E-state index contributed by atoms with van der Waals surface area (Å²) in [6.45, 7) is 1.27. The number of nitrogens with zero attached hydrogens (tertiary/aromatic N) is 3. The first-order chi connectivity index (χ1) is 16.6. The third kappa shape index (κ3) is 3.94. The quantitative estimate of drug-likeness (QED) is 0.522. The number of para-hydroxylation sites is 1. The van der Waals surface area contributed by atoms with Crippen molar-refractivity contribution in [2.75, 3.05) is 18.3 Å². The first-order valence-electron chi connectivity index (χ1n) is 11.5. The number of aromatic hydroxyl groups is 1. The van der Waals surface area contributed by atoms with E-state index in [-0.39, 0.29) is 11.6 Å². The third-order valence-corrected chi connectivity index (χ3v) is 6.62. The van der Waals surface area contributed by atoms with Gasteiger partial charge in [-0.2, -0.15) is 0 Å². The summed E-state index contributed by atoms with van der Waals surface area (Å²) in [5, 5.41) is 12.4.